The van der Waals surface area contributed by atoms with Crippen LogP contribution in [0.15, 0.2) is 0 Å². The topological polar surface area (TPSA) is 52.6 Å². The Hall–Kier alpha value is -0.620. The Morgan fingerprint density at radius 3 is 2.79 bits per heavy atom. The van der Waals surface area contributed by atoms with Gasteiger partial charge in [-0.05, 0) is 45.3 Å². The van der Waals surface area contributed by atoms with E-state index in [0.29, 0.717) is 5.75 Å². The van der Waals surface area contributed by atoms with E-state index in [0.717, 1.165) is 31.7 Å². The molecule has 2 atom stereocenters. The van der Waals surface area contributed by atoms with E-state index in [-0.39, 0.29) is 12.1 Å². The summed E-state index contributed by atoms with van der Waals surface area (Å²) in [6, 6.07) is 0.0830. The highest BCUT2D eigenvalue weighted by atomic mass is 32.2. The quantitative estimate of drug-likeness (QED) is 0.807. The average molecular weight is 287 g/mol. The number of urea groups is 1. The van der Waals surface area contributed by atoms with Crippen molar-refractivity contribution in [2.45, 2.75) is 31.7 Å². The first-order valence-corrected chi connectivity index (χ1v) is 8.73. The van der Waals surface area contributed by atoms with Crippen molar-refractivity contribution in [1.82, 2.24) is 15.1 Å². The minimum atomic E-state index is -0.730. The van der Waals surface area contributed by atoms with Crippen molar-refractivity contribution in [2.75, 3.05) is 44.7 Å². The Bertz CT molecular complexity index is 332. The summed E-state index contributed by atoms with van der Waals surface area (Å²) in [5.41, 5.74) is 0. The minimum Gasteiger partial charge on any atom is -0.334 e. The van der Waals surface area contributed by atoms with Gasteiger partial charge < -0.3 is 15.1 Å². The molecule has 6 heteroatoms. The van der Waals surface area contributed by atoms with Crippen molar-refractivity contribution in [3.63, 3.8) is 0 Å². The van der Waals surface area contributed by atoms with Gasteiger partial charge in [0, 0.05) is 41.9 Å². The van der Waals surface area contributed by atoms with Gasteiger partial charge in [-0.1, -0.05) is 0 Å². The first-order chi connectivity index (χ1) is 9.15. The van der Waals surface area contributed by atoms with Crippen molar-refractivity contribution in [2.24, 2.45) is 0 Å². The monoisotopic (exact) mass is 287 g/mol. The molecule has 0 unspecified atom stereocenters. The van der Waals surface area contributed by atoms with E-state index in [2.05, 4.69) is 10.2 Å². The van der Waals surface area contributed by atoms with E-state index >= 15 is 0 Å². The lowest BCUT2D eigenvalue weighted by molar-refractivity contribution is 0.202. The van der Waals surface area contributed by atoms with E-state index in [1.807, 2.05) is 7.05 Å². The van der Waals surface area contributed by atoms with Gasteiger partial charge in [0.05, 0.1) is 0 Å². The Morgan fingerprint density at radius 2 is 2.16 bits per heavy atom. The number of hydrogen-bond donors (Lipinski definition) is 1. The normalized spacial score (nSPS) is 27.6. The number of nitrogens with one attached hydrogen (secondary N) is 1. The lowest BCUT2D eigenvalue weighted by atomic mass is 10.3. The Labute approximate surface area is 118 Å². The molecule has 1 N–H and O–H groups in total. The standard InChI is InChI=1S/C13H25N3O2S/c1-15(6-4-9-16-7-2-3-8-16)13(17)14-12-5-10-19(18)11-12/h12H,2-11H2,1H3,(H,14,17)/t12-,19-/m1/s1. The predicted molar refractivity (Wildman–Crippen MR) is 77.7 cm³/mol. The summed E-state index contributed by atoms with van der Waals surface area (Å²) < 4.78 is 11.3. The summed E-state index contributed by atoms with van der Waals surface area (Å²) in [5, 5.41) is 2.97. The molecule has 0 bridgehead atoms. The maximum absolute atomic E-state index is 11.9. The molecule has 2 aliphatic heterocycles. The Balaban J connectivity index is 1.60. The van der Waals surface area contributed by atoms with Crippen molar-refractivity contribution < 1.29 is 9.00 Å². The van der Waals surface area contributed by atoms with E-state index in [1.165, 1.54) is 25.9 Å². The summed E-state index contributed by atoms with van der Waals surface area (Å²) in [5.74, 6) is 1.34. The van der Waals surface area contributed by atoms with E-state index in [1.54, 1.807) is 4.90 Å². The molecule has 2 heterocycles. The molecule has 0 saturated carbocycles. The smallest absolute Gasteiger partial charge is 0.317 e. The molecule has 0 aromatic rings. The highest BCUT2D eigenvalue weighted by molar-refractivity contribution is 7.85. The van der Waals surface area contributed by atoms with Crippen molar-refractivity contribution in [3.05, 3.63) is 0 Å². The van der Waals surface area contributed by atoms with Crippen molar-refractivity contribution >= 4 is 16.8 Å². The van der Waals surface area contributed by atoms with E-state index in [4.69, 9.17) is 0 Å². The molecular weight excluding hydrogens is 262 g/mol. The van der Waals surface area contributed by atoms with Crippen LogP contribution in [0.4, 0.5) is 4.79 Å². The van der Waals surface area contributed by atoms with Gasteiger partial charge in [0.1, 0.15) is 0 Å². The molecule has 0 radical (unpaired) electrons. The first kappa shape index (κ1) is 14.8. The zero-order valence-electron chi connectivity index (χ0n) is 11.8. The zero-order chi connectivity index (χ0) is 13.7. The Morgan fingerprint density at radius 1 is 1.42 bits per heavy atom. The van der Waals surface area contributed by atoms with Gasteiger partial charge in [-0.15, -0.1) is 0 Å². The summed E-state index contributed by atoms with van der Waals surface area (Å²) in [6.45, 7) is 4.30. The number of hydrogen-bond acceptors (Lipinski definition) is 3. The van der Waals surface area contributed by atoms with Gasteiger partial charge in [0.25, 0.3) is 0 Å². The molecule has 0 aromatic heterocycles. The lowest BCUT2D eigenvalue weighted by Crippen LogP contribution is -2.44. The molecule has 2 aliphatic rings. The van der Waals surface area contributed by atoms with Crippen LogP contribution in [0.3, 0.4) is 0 Å². The van der Waals surface area contributed by atoms with E-state index in [9.17, 15) is 9.00 Å². The van der Waals surface area contributed by atoms with Crippen LogP contribution in [0, 0.1) is 0 Å². The third-order valence-electron chi connectivity index (χ3n) is 3.92. The molecule has 5 nitrogen and oxygen atoms in total. The number of likely N-dealkylation sites (tertiary alicyclic amines) is 1. The van der Waals surface area contributed by atoms with Crippen LogP contribution in [0.1, 0.15) is 25.7 Å². The summed E-state index contributed by atoms with van der Waals surface area (Å²) in [4.78, 5) is 16.1. The molecule has 2 amide bonds. The van der Waals surface area contributed by atoms with Gasteiger partial charge in [0.2, 0.25) is 0 Å². The summed E-state index contributed by atoms with van der Waals surface area (Å²) in [7, 11) is 1.11. The molecule has 19 heavy (non-hydrogen) atoms. The highest BCUT2D eigenvalue weighted by Crippen LogP contribution is 2.09. The van der Waals surface area contributed by atoms with Crippen LogP contribution in [0.5, 0.6) is 0 Å². The summed E-state index contributed by atoms with van der Waals surface area (Å²) in [6.07, 6.45) is 4.50. The maximum atomic E-state index is 11.9. The van der Waals surface area contributed by atoms with Crippen LogP contribution in [-0.4, -0.2) is 70.8 Å². The summed E-state index contributed by atoms with van der Waals surface area (Å²) >= 11 is 0. The molecule has 0 spiro atoms. The molecule has 0 aromatic carbocycles. The fourth-order valence-electron chi connectivity index (χ4n) is 2.70. The van der Waals surface area contributed by atoms with Gasteiger partial charge in [-0.2, -0.15) is 0 Å². The molecule has 0 aliphatic carbocycles. The van der Waals surface area contributed by atoms with Crippen LogP contribution >= 0.6 is 0 Å². The third kappa shape index (κ3) is 4.76. The molecule has 2 rings (SSSR count). The van der Waals surface area contributed by atoms with Crippen LogP contribution < -0.4 is 5.32 Å². The second-order valence-corrected chi connectivity index (χ2v) is 7.19. The largest absolute Gasteiger partial charge is 0.334 e. The Kier molecular flexibility index (Phi) is 5.63. The number of carbonyl (C=O) groups excluding carboxylic acids is 1. The zero-order valence-corrected chi connectivity index (χ0v) is 12.6. The van der Waals surface area contributed by atoms with E-state index < -0.39 is 10.8 Å². The van der Waals surface area contributed by atoms with Crippen molar-refractivity contribution in [3.8, 4) is 0 Å². The predicted octanol–water partition coefficient (Wildman–Crippen LogP) is 0.635. The second-order valence-electron chi connectivity index (χ2n) is 5.57. The number of amides is 2. The molecular formula is C13H25N3O2S. The highest BCUT2D eigenvalue weighted by Gasteiger charge is 2.23. The number of nitrogens with zero attached hydrogens (tertiary/aromatic N) is 2. The van der Waals surface area contributed by atoms with Gasteiger partial charge in [-0.25, -0.2) is 4.79 Å². The number of rotatable bonds is 5. The fraction of sp³-hybridized carbons (Fsp3) is 0.923. The average Bonchev–Trinajstić information content (AvgIpc) is 3.01. The van der Waals surface area contributed by atoms with Crippen molar-refractivity contribution in [1.29, 1.82) is 0 Å². The van der Waals surface area contributed by atoms with Crippen LogP contribution in [0.25, 0.3) is 0 Å². The van der Waals surface area contributed by atoms with Gasteiger partial charge in [-0.3, -0.25) is 4.21 Å². The first-order valence-electron chi connectivity index (χ1n) is 7.24. The number of carbonyl (C=O) groups is 1. The SMILES string of the molecule is CN(CCCN1CCCC1)C(=O)N[C@@H]1CC[S@@](=O)C1. The third-order valence-corrected chi connectivity index (χ3v) is 5.39. The molecule has 2 saturated heterocycles. The lowest BCUT2D eigenvalue weighted by Gasteiger charge is -2.22. The maximum Gasteiger partial charge on any atom is 0.317 e. The van der Waals surface area contributed by atoms with Gasteiger partial charge in [0.15, 0.2) is 0 Å². The van der Waals surface area contributed by atoms with Crippen LogP contribution in [-0.2, 0) is 10.8 Å². The van der Waals surface area contributed by atoms with Gasteiger partial charge >= 0.3 is 6.03 Å². The fourth-order valence-corrected chi connectivity index (χ4v) is 4.12. The molecule has 110 valence electrons. The second kappa shape index (κ2) is 7.24. The molecule has 2 fully saturated rings. The minimum absolute atomic E-state index is 0.0229. The van der Waals surface area contributed by atoms with Crippen LogP contribution in [0.2, 0.25) is 0 Å².